The van der Waals surface area contributed by atoms with Gasteiger partial charge in [-0.2, -0.15) is 5.10 Å². The fourth-order valence-electron chi connectivity index (χ4n) is 4.52. The molecule has 3 aromatic rings. The second kappa shape index (κ2) is 8.53. The highest BCUT2D eigenvalue weighted by Gasteiger charge is 2.21. The Kier molecular flexibility index (Phi) is 5.80. The number of fused-ring (bicyclic) bond motifs is 1. The zero-order chi connectivity index (χ0) is 22.1. The molecule has 7 nitrogen and oxygen atoms in total. The van der Waals surface area contributed by atoms with Gasteiger partial charge < -0.3 is 14.8 Å². The summed E-state index contributed by atoms with van der Waals surface area (Å²) in [6.07, 6.45) is 1.55. The highest BCUT2D eigenvalue weighted by molar-refractivity contribution is 5.83. The molecule has 1 aromatic carbocycles. The van der Waals surface area contributed by atoms with Gasteiger partial charge in [0.15, 0.2) is 0 Å². The number of aryl methyl sites for hydroxylation is 3. The summed E-state index contributed by atoms with van der Waals surface area (Å²) in [5.74, 6) is -0.192. The molecule has 0 radical (unpaired) electrons. The van der Waals surface area contributed by atoms with Crippen LogP contribution < -0.4 is 10.5 Å². The Morgan fingerprint density at radius 1 is 1.13 bits per heavy atom. The normalized spacial score (nSPS) is 14.8. The van der Waals surface area contributed by atoms with Crippen LogP contribution >= 0.6 is 0 Å². The number of carbonyl (C=O) groups excluding carboxylic acids is 1. The molecule has 0 atom stereocenters. The van der Waals surface area contributed by atoms with E-state index in [0.717, 1.165) is 35.3 Å². The Bertz CT molecular complexity index is 1170. The van der Waals surface area contributed by atoms with E-state index in [0.29, 0.717) is 43.7 Å². The molecule has 1 aliphatic rings. The third-order valence-corrected chi connectivity index (χ3v) is 6.19. The van der Waals surface area contributed by atoms with Gasteiger partial charge in [-0.15, -0.1) is 0 Å². The van der Waals surface area contributed by atoms with Crippen LogP contribution in [-0.4, -0.2) is 51.8 Å². The van der Waals surface area contributed by atoms with Gasteiger partial charge in [0.2, 0.25) is 5.91 Å². The number of H-pyrrole nitrogens is 1. The van der Waals surface area contributed by atoms with E-state index in [2.05, 4.69) is 15.0 Å². The lowest BCUT2D eigenvalue weighted by atomic mass is 10.0. The van der Waals surface area contributed by atoms with Crippen LogP contribution in [0.4, 0.5) is 10.1 Å². The second-order valence-corrected chi connectivity index (χ2v) is 8.19. The van der Waals surface area contributed by atoms with E-state index < -0.39 is 0 Å². The number of hydrogen-bond donors (Lipinski definition) is 1. The molecule has 1 N–H and O–H groups in total. The number of pyridine rings is 1. The van der Waals surface area contributed by atoms with Crippen molar-refractivity contribution in [3.05, 3.63) is 57.3 Å². The maximum Gasteiger partial charge on any atom is 0.253 e. The first-order chi connectivity index (χ1) is 14.8. The average Bonchev–Trinajstić information content (AvgIpc) is 2.91. The molecular formula is C23H28FN5O2. The lowest BCUT2D eigenvalue weighted by molar-refractivity contribution is -0.130. The van der Waals surface area contributed by atoms with Gasteiger partial charge in [-0.1, -0.05) is 0 Å². The molecule has 0 saturated carbocycles. The van der Waals surface area contributed by atoms with Crippen LogP contribution in [0.3, 0.4) is 0 Å². The molecule has 8 heteroatoms. The van der Waals surface area contributed by atoms with Crippen LogP contribution in [-0.2, 0) is 18.3 Å². The topological polar surface area (TPSA) is 74.2 Å². The second-order valence-electron chi connectivity index (χ2n) is 8.19. The number of amides is 1. The largest absolute Gasteiger partial charge is 0.370 e. The van der Waals surface area contributed by atoms with E-state index in [1.54, 1.807) is 16.8 Å². The molecule has 2 aromatic heterocycles. The summed E-state index contributed by atoms with van der Waals surface area (Å²) in [4.78, 5) is 32.5. The Hall–Kier alpha value is -3.16. The van der Waals surface area contributed by atoms with Crippen LogP contribution in [0, 0.1) is 19.7 Å². The summed E-state index contributed by atoms with van der Waals surface area (Å²) < 4.78 is 14.9. The summed E-state index contributed by atoms with van der Waals surface area (Å²) in [5, 5.41) is 5.35. The number of aromatic amines is 1. The van der Waals surface area contributed by atoms with Gasteiger partial charge in [0, 0.05) is 56.3 Å². The van der Waals surface area contributed by atoms with Gasteiger partial charge in [-0.25, -0.2) is 4.39 Å². The average molecular weight is 426 g/mol. The minimum atomic E-state index is -0.250. The molecule has 3 heterocycles. The maximum absolute atomic E-state index is 13.2. The molecule has 1 amide bonds. The van der Waals surface area contributed by atoms with Crippen molar-refractivity contribution in [1.82, 2.24) is 19.7 Å². The zero-order valence-electron chi connectivity index (χ0n) is 18.2. The van der Waals surface area contributed by atoms with Gasteiger partial charge in [0.05, 0.1) is 5.69 Å². The number of rotatable bonds is 4. The highest BCUT2D eigenvalue weighted by atomic mass is 19.1. The van der Waals surface area contributed by atoms with Crippen molar-refractivity contribution in [3.8, 4) is 0 Å². The van der Waals surface area contributed by atoms with Crippen LogP contribution in [0.1, 0.15) is 29.7 Å². The fourth-order valence-corrected chi connectivity index (χ4v) is 4.52. The molecule has 0 unspecified atom stereocenters. The lowest BCUT2D eigenvalue weighted by Gasteiger charge is -2.24. The van der Waals surface area contributed by atoms with E-state index >= 15 is 0 Å². The summed E-state index contributed by atoms with van der Waals surface area (Å²) in [6, 6.07) is 6.48. The van der Waals surface area contributed by atoms with Gasteiger partial charge in [0.25, 0.3) is 5.56 Å². The number of carbonyl (C=O) groups is 1. The Morgan fingerprint density at radius 2 is 1.87 bits per heavy atom. The summed E-state index contributed by atoms with van der Waals surface area (Å²) in [5.41, 5.74) is 3.95. The van der Waals surface area contributed by atoms with Crippen molar-refractivity contribution in [2.45, 2.75) is 33.1 Å². The van der Waals surface area contributed by atoms with Crippen LogP contribution in [0.5, 0.6) is 0 Å². The highest BCUT2D eigenvalue weighted by Crippen LogP contribution is 2.22. The van der Waals surface area contributed by atoms with Crippen LogP contribution in [0.2, 0.25) is 0 Å². The van der Waals surface area contributed by atoms with Crippen molar-refractivity contribution in [2.75, 3.05) is 31.1 Å². The molecule has 31 heavy (non-hydrogen) atoms. The number of halogens is 1. The quantitative estimate of drug-likeness (QED) is 0.698. The molecular weight excluding hydrogens is 397 g/mol. The van der Waals surface area contributed by atoms with E-state index in [1.165, 1.54) is 12.1 Å². The first-order valence-electron chi connectivity index (χ1n) is 10.7. The standard InChI is InChI=1S/C23H28FN5O2/c1-15-19(23(31)25-22-21(15)16(2)26-27(22)3)9-10-20(30)29-12-4-11-28(13-14-29)18-7-5-17(24)6-8-18/h5-8H,4,9-14H2,1-3H3,(H,25,31). The molecule has 1 fully saturated rings. The summed E-state index contributed by atoms with van der Waals surface area (Å²) in [6.45, 7) is 6.69. The molecule has 1 saturated heterocycles. The fraction of sp³-hybridized carbons (Fsp3) is 0.435. The third-order valence-electron chi connectivity index (χ3n) is 6.19. The summed E-state index contributed by atoms with van der Waals surface area (Å²) in [7, 11) is 1.81. The van der Waals surface area contributed by atoms with Crippen molar-refractivity contribution in [1.29, 1.82) is 0 Å². The molecule has 4 rings (SSSR count). The first kappa shape index (κ1) is 21.1. The SMILES string of the molecule is Cc1nn(C)c2[nH]c(=O)c(CCC(=O)N3CCCN(c4ccc(F)cc4)CC3)c(C)c12. The molecule has 164 valence electrons. The van der Waals surface area contributed by atoms with Gasteiger partial charge >= 0.3 is 0 Å². The number of aromatic nitrogens is 3. The van der Waals surface area contributed by atoms with Crippen LogP contribution in [0.15, 0.2) is 29.1 Å². The van der Waals surface area contributed by atoms with Gasteiger partial charge in [0.1, 0.15) is 11.5 Å². The number of anilines is 1. The van der Waals surface area contributed by atoms with E-state index in [1.807, 2.05) is 25.8 Å². The third kappa shape index (κ3) is 4.19. The molecule has 0 aliphatic carbocycles. The van der Waals surface area contributed by atoms with Crippen molar-refractivity contribution in [3.63, 3.8) is 0 Å². The molecule has 1 aliphatic heterocycles. The smallest absolute Gasteiger partial charge is 0.253 e. The lowest BCUT2D eigenvalue weighted by Crippen LogP contribution is -2.35. The van der Waals surface area contributed by atoms with Crippen LogP contribution in [0.25, 0.3) is 11.0 Å². The van der Waals surface area contributed by atoms with Crippen molar-refractivity contribution < 1.29 is 9.18 Å². The predicted octanol–water partition coefficient (Wildman–Crippen LogP) is 2.69. The minimum Gasteiger partial charge on any atom is -0.370 e. The molecule has 0 bridgehead atoms. The van der Waals surface area contributed by atoms with E-state index in [9.17, 15) is 14.0 Å². The van der Waals surface area contributed by atoms with E-state index in [-0.39, 0.29) is 17.3 Å². The van der Waals surface area contributed by atoms with E-state index in [4.69, 9.17) is 0 Å². The number of benzene rings is 1. The molecule has 0 spiro atoms. The van der Waals surface area contributed by atoms with Gasteiger partial charge in [-0.3, -0.25) is 14.3 Å². The monoisotopic (exact) mass is 425 g/mol. The Morgan fingerprint density at radius 3 is 2.61 bits per heavy atom. The number of hydrogen-bond acceptors (Lipinski definition) is 4. The van der Waals surface area contributed by atoms with Gasteiger partial charge in [-0.05, 0) is 56.5 Å². The zero-order valence-corrected chi connectivity index (χ0v) is 18.2. The minimum absolute atomic E-state index is 0.0581. The maximum atomic E-state index is 13.2. The van der Waals surface area contributed by atoms with Crippen molar-refractivity contribution >= 4 is 22.6 Å². The summed E-state index contributed by atoms with van der Waals surface area (Å²) >= 11 is 0. The predicted molar refractivity (Wildman–Crippen MR) is 119 cm³/mol. The number of nitrogens with zero attached hydrogens (tertiary/aromatic N) is 4. The van der Waals surface area contributed by atoms with Crippen molar-refractivity contribution in [2.24, 2.45) is 7.05 Å². The Balaban J connectivity index is 1.43. The first-order valence-corrected chi connectivity index (χ1v) is 10.7. The number of nitrogens with one attached hydrogen (secondary N) is 1. The Labute approximate surface area is 180 Å².